The van der Waals surface area contributed by atoms with E-state index in [9.17, 15) is 17.6 Å². The Morgan fingerprint density at radius 2 is 1.90 bits per heavy atom. The van der Waals surface area contributed by atoms with Crippen molar-refractivity contribution >= 4 is 38.1 Å². The van der Waals surface area contributed by atoms with E-state index in [0.717, 1.165) is 0 Å². The summed E-state index contributed by atoms with van der Waals surface area (Å²) in [5, 5.41) is 5.14. The fraction of sp³-hybridized carbons (Fsp3) is 0.263. The number of hydrogen-bond acceptors (Lipinski definition) is 6. The molecule has 2 heterocycles. The quantitative estimate of drug-likeness (QED) is 0.737. The minimum Gasteiger partial charge on any atom is -0.378 e. The van der Waals surface area contributed by atoms with Crippen LogP contribution in [0.25, 0.3) is 0 Å². The van der Waals surface area contributed by atoms with Crippen LogP contribution >= 0.6 is 11.6 Å². The van der Waals surface area contributed by atoms with Crippen LogP contribution in [0.15, 0.2) is 52.5 Å². The van der Waals surface area contributed by atoms with Gasteiger partial charge in [-0.1, -0.05) is 29.8 Å². The summed E-state index contributed by atoms with van der Waals surface area (Å²) in [4.78, 5) is 14.2. The van der Waals surface area contributed by atoms with Gasteiger partial charge in [-0.2, -0.15) is 5.10 Å². The summed E-state index contributed by atoms with van der Waals surface area (Å²) >= 11 is 6.06. The van der Waals surface area contributed by atoms with Crippen LogP contribution in [0, 0.1) is 5.82 Å². The van der Waals surface area contributed by atoms with Crippen LogP contribution in [0.5, 0.6) is 0 Å². The third-order valence-corrected chi connectivity index (χ3v) is 6.64. The molecule has 2 aromatic carbocycles. The third-order valence-electron chi connectivity index (χ3n) is 4.71. The first-order valence-electron chi connectivity index (χ1n) is 8.89. The molecule has 0 N–H and O–H groups in total. The summed E-state index contributed by atoms with van der Waals surface area (Å²) in [5.74, 6) is -1.16. The number of ether oxygens (including phenoxy) is 1. The van der Waals surface area contributed by atoms with Crippen LogP contribution < -0.4 is 5.01 Å². The van der Waals surface area contributed by atoms with Crippen LogP contribution in [-0.4, -0.2) is 50.6 Å². The maximum absolute atomic E-state index is 14.2. The Hall–Kier alpha value is -2.49. The van der Waals surface area contributed by atoms with Gasteiger partial charge in [0.05, 0.1) is 30.3 Å². The fourth-order valence-corrected chi connectivity index (χ4v) is 4.84. The van der Waals surface area contributed by atoms with Crippen molar-refractivity contribution in [3.8, 4) is 0 Å². The molecule has 0 aliphatic carbocycles. The first-order chi connectivity index (χ1) is 13.9. The zero-order valence-electron chi connectivity index (χ0n) is 15.2. The van der Waals surface area contributed by atoms with Crippen molar-refractivity contribution in [1.82, 2.24) is 4.90 Å². The van der Waals surface area contributed by atoms with Crippen molar-refractivity contribution in [3.63, 3.8) is 0 Å². The van der Waals surface area contributed by atoms with Gasteiger partial charge in [0.1, 0.15) is 5.82 Å². The first-order valence-corrected chi connectivity index (χ1v) is 10.8. The monoisotopic (exact) mass is 437 g/mol. The van der Waals surface area contributed by atoms with E-state index in [-0.39, 0.29) is 30.2 Å². The lowest BCUT2D eigenvalue weighted by atomic mass is 10.2. The molecule has 7 nitrogen and oxygen atoms in total. The Bertz CT molecular complexity index is 1100. The van der Waals surface area contributed by atoms with Gasteiger partial charge in [0.2, 0.25) is 14.9 Å². The first kappa shape index (κ1) is 19.8. The molecule has 2 aliphatic heterocycles. The van der Waals surface area contributed by atoms with Crippen LogP contribution in [0.1, 0.15) is 5.56 Å². The number of fused-ring (bicyclic) bond motifs is 1. The number of morpholine rings is 1. The second-order valence-corrected chi connectivity index (χ2v) is 8.84. The number of nitrogens with zero attached hydrogens (tertiary/aromatic N) is 3. The van der Waals surface area contributed by atoms with E-state index in [1.165, 1.54) is 34.2 Å². The van der Waals surface area contributed by atoms with Crippen molar-refractivity contribution in [2.24, 2.45) is 5.10 Å². The average molecular weight is 438 g/mol. The van der Waals surface area contributed by atoms with E-state index in [2.05, 4.69) is 5.10 Å². The van der Waals surface area contributed by atoms with Gasteiger partial charge in [-0.3, -0.25) is 9.80 Å². The number of carbonyl (C=O) groups is 1. The van der Waals surface area contributed by atoms with E-state index in [0.29, 0.717) is 23.8 Å². The Balaban J connectivity index is 1.80. The van der Waals surface area contributed by atoms with Crippen molar-refractivity contribution in [1.29, 1.82) is 0 Å². The highest BCUT2D eigenvalue weighted by Gasteiger charge is 2.40. The molecule has 0 atom stereocenters. The number of halogens is 2. The molecule has 0 bridgehead atoms. The highest BCUT2D eigenvalue weighted by atomic mass is 35.5. The largest absolute Gasteiger partial charge is 0.378 e. The Kier molecular flexibility index (Phi) is 5.28. The molecule has 0 radical (unpaired) electrons. The number of sulfone groups is 1. The molecule has 0 saturated carbocycles. The second-order valence-electron chi connectivity index (χ2n) is 6.57. The topological polar surface area (TPSA) is 79.3 Å². The van der Waals surface area contributed by atoms with E-state index >= 15 is 0 Å². The highest BCUT2D eigenvalue weighted by Crippen LogP contribution is 2.35. The van der Waals surface area contributed by atoms with E-state index < -0.39 is 26.6 Å². The van der Waals surface area contributed by atoms with Gasteiger partial charge < -0.3 is 9.64 Å². The normalized spacial score (nSPS) is 18.2. The lowest BCUT2D eigenvalue weighted by Crippen LogP contribution is -2.47. The number of hydrazone groups is 1. The molecule has 1 fully saturated rings. The smallest absolute Gasteiger partial charge is 0.286 e. The molecule has 1 amide bonds. The third kappa shape index (κ3) is 3.73. The fourth-order valence-electron chi connectivity index (χ4n) is 3.21. The zero-order chi connectivity index (χ0) is 20.6. The molecular formula is C19H17ClFN3O4S. The van der Waals surface area contributed by atoms with Crippen molar-refractivity contribution in [3.05, 3.63) is 58.9 Å². The minimum atomic E-state index is -4.16. The highest BCUT2D eigenvalue weighted by molar-refractivity contribution is 8.08. The molecule has 2 aromatic rings. The lowest BCUT2D eigenvalue weighted by molar-refractivity contribution is -0.127. The van der Waals surface area contributed by atoms with Crippen LogP contribution in [0.4, 0.5) is 10.1 Å². The van der Waals surface area contributed by atoms with Crippen molar-refractivity contribution in [2.75, 3.05) is 31.3 Å². The Labute approximate surface area is 172 Å². The van der Waals surface area contributed by atoms with Crippen LogP contribution in [-0.2, 0) is 25.9 Å². The maximum Gasteiger partial charge on any atom is 0.286 e. The van der Waals surface area contributed by atoms with Gasteiger partial charge in [0.25, 0.3) is 5.91 Å². The number of rotatable bonds is 3. The summed E-state index contributed by atoms with van der Waals surface area (Å²) in [7, 11) is -4.16. The Morgan fingerprint density at radius 1 is 1.17 bits per heavy atom. The molecule has 10 heteroatoms. The molecule has 0 unspecified atom stereocenters. The average Bonchev–Trinajstić information content (AvgIpc) is 2.71. The van der Waals surface area contributed by atoms with Gasteiger partial charge in [-0.25, -0.2) is 12.8 Å². The van der Waals surface area contributed by atoms with E-state index in [1.807, 2.05) is 0 Å². The lowest BCUT2D eigenvalue weighted by Gasteiger charge is -2.31. The van der Waals surface area contributed by atoms with Gasteiger partial charge in [0.15, 0.2) is 0 Å². The molecule has 152 valence electrons. The number of hydrogen-bond donors (Lipinski definition) is 0. The second kappa shape index (κ2) is 7.74. The van der Waals surface area contributed by atoms with Crippen molar-refractivity contribution in [2.45, 2.75) is 11.4 Å². The van der Waals surface area contributed by atoms with Crippen molar-refractivity contribution < 1.29 is 22.3 Å². The van der Waals surface area contributed by atoms with Gasteiger partial charge in [0, 0.05) is 23.7 Å². The summed E-state index contributed by atoms with van der Waals surface area (Å²) in [6.45, 7) is 1.13. The molecule has 1 saturated heterocycles. The van der Waals surface area contributed by atoms with Gasteiger partial charge >= 0.3 is 0 Å². The summed E-state index contributed by atoms with van der Waals surface area (Å²) in [6.07, 6.45) is 0. The summed E-state index contributed by atoms with van der Waals surface area (Å²) < 4.78 is 45.6. The molecule has 4 rings (SSSR count). The minimum absolute atomic E-state index is 0.0601. The van der Waals surface area contributed by atoms with E-state index in [4.69, 9.17) is 16.3 Å². The number of amides is 1. The maximum atomic E-state index is 14.2. The number of carbonyl (C=O) groups excluding carboxylic acids is 1. The van der Waals surface area contributed by atoms with Crippen LogP contribution in [0.3, 0.4) is 0 Å². The zero-order valence-corrected chi connectivity index (χ0v) is 16.8. The van der Waals surface area contributed by atoms with Crippen LogP contribution in [0.2, 0.25) is 5.02 Å². The summed E-state index contributed by atoms with van der Waals surface area (Å²) in [6, 6.07) is 10.3. The van der Waals surface area contributed by atoms with Gasteiger partial charge in [-0.05, 0) is 24.3 Å². The molecule has 2 aliphatic rings. The number of benzene rings is 2. The molecule has 0 aromatic heterocycles. The van der Waals surface area contributed by atoms with Gasteiger partial charge in [-0.15, -0.1) is 0 Å². The Morgan fingerprint density at radius 3 is 2.62 bits per heavy atom. The summed E-state index contributed by atoms with van der Waals surface area (Å²) in [5.41, 5.74) is 0.499. The van der Waals surface area contributed by atoms with E-state index in [1.54, 1.807) is 18.2 Å². The predicted octanol–water partition coefficient (Wildman–Crippen LogP) is 2.45. The predicted molar refractivity (Wildman–Crippen MR) is 106 cm³/mol. The molecule has 0 spiro atoms. The SMILES string of the molecule is O=C(C1=NN(Cc2ccccc2F)c2cc(Cl)ccc2S1(=O)=O)N1CCOCC1. The standard InChI is InChI=1S/C19H17ClFN3O4S/c20-14-5-6-17-16(11-14)24(12-13-3-1-2-4-15(13)21)22-18(29(17,26)27)19(25)23-7-9-28-10-8-23/h1-6,11H,7-10,12H2. The molecular weight excluding hydrogens is 421 g/mol. The number of anilines is 1. The molecule has 29 heavy (non-hydrogen) atoms.